The van der Waals surface area contributed by atoms with Gasteiger partial charge in [-0.1, -0.05) is 13.0 Å². The first kappa shape index (κ1) is 21.1. The lowest BCUT2D eigenvalue weighted by molar-refractivity contribution is -0.134. The standard InChI is InChI=1S/C22H31N3O4/c1-3-11-23-21(27)19(24-20(26)17-5-4-6-18(14-17)29-2)15-9-12-25(13-10-15)22(28)16-7-8-16/h4-6,14-16,19H,3,7-13H2,1-2H3,(H,23,27)(H,24,26). The van der Waals surface area contributed by atoms with Gasteiger partial charge in [0.25, 0.3) is 5.91 Å². The second-order valence-electron chi connectivity index (χ2n) is 7.91. The Bertz CT molecular complexity index is 739. The molecule has 29 heavy (non-hydrogen) atoms. The van der Waals surface area contributed by atoms with E-state index in [-0.39, 0.29) is 29.6 Å². The van der Waals surface area contributed by atoms with Gasteiger partial charge >= 0.3 is 0 Å². The molecule has 7 nitrogen and oxygen atoms in total. The fraction of sp³-hybridized carbons (Fsp3) is 0.591. The maximum absolute atomic E-state index is 12.8. The number of carbonyl (C=O) groups is 3. The summed E-state index contributed by atoms with van der Waals surface area (Å²) < 4.78 is 5.19. The first-order chi connectivity index (χ1) is 14.0. The molecule has 1 saturated heterocycles. The maximum Gasteiger partial charge on any atom is 0.252 e. The van der Waals surface area contributed by atoms with E-state index in [2.05, 4.69) is 10.6 Å². The van der Waals surface area contributed by atoms with Crippen LogP contribution < -0.4 is 15.4 Å². The number of carbonyl (C=O) groups excluding carboxylic acids is 3. The number of benzene rings is 1. The highest BCUT2D eigenvalue weighted by atomic mass is 16.5. The summed E-state index contributed by atoms with van der Waals surface area (Å²) >= 11 is 0. The lowest BCUT2D eigenvalue weighted by Crippen LogP contribution is -2.54. The summed E-state index contributed by atoms with van der Waals surface area (Å²) in [6.07, 6.45) is 4.24. The molecule has 1 aromatic carbocycles. The molecule has 1 heterocycles. The van der Waals surface area contributed by atoms with Gasteiger partial charge < -0.3 is 20.3 Å². The fourth-order valence-corrected chi connectivity index (χ4v) is 3.79. The molecule has 2 fully saturated rings. The normalized spacial score (nSPS) is 18.1. The first-order valence-corrected chi connectivity index (χ1v) is 10.5. The molecule has 1 atom stereocenters. The van der Waals surface area contributed by atoms with Gasteiger partial charge in [0.2, 0.25) is 11.8 Å². The highest BCUT2D eigenvalue weighted by Gasteiger charge is 2.38. The summed E-state index contributed by atoms with van der Waals surface area (Å²) in [5.74, 6) is 0.604. The van der Waals surface area contributed by atoms with Crippen molar-refractivity contribution in [1.29, 1.82) is 0 Å². The van der Waals surface area contributed by atoms with E-state index >= 15 is 0 Å². The molecule has 0 spiro atoms. The van der Waals surface area contributed by atoms with Crippen LogP contribution in [-0.2, 0) is 9.59 Å². The Morgan fingerprint density at radius 1 is 1.17 bits per heavy atom. The summed E-state index contributed by atoms with van der Waals surface area (Å²) in [6, 6.07) is 6.28. The number of methoxy groups -OCH3 is 1. The van der Waals surface area contributed by atoms with Crippen LogP contribution in [-0.4, -0.2) is 55.4 Å². The van der Waals surface area contributed by atoms with Crippen LogP contribution in [0.2, 0.25) is 0 Å². The van der Waals surface area contributed by atoms with Crippen molar-refractivity contribution in [2.75, 3.05) is 26.7 Å². The second-order valence-corrected chi connectivity index (χ2v) is 7.91. The van der Waals surface area contributed by atoms with Crippen molar-refractivity contribution >= 4 is 17.7 Å². The minimum absolute atomic E-state index is 0.00432. The van der Waals surface area contributed by atoms with Gasteiger partial charge in [-0.05, 0) is 56.2 Å². The van der Waals surface area contributed by atoms with E-state index in [0.717, 1.165) is 19.3 Å². The Labute approximate surface area is 172 Å². The van der Waals surface area contributed by atoms with Crippen molar-refractivity contribution < 1.29 is 19.1 Å². The Balaban J connectivity index is 1.66. The Kier molecular flexibility index (Phi) is 7.12. The number of ether oxygens (including phenoxy) is 1. The van der Waals surface area contributed by atoms with Gasteiger partial charge in [0.05, 0.1) is 7.11 Å². The van der Waals surface area contributed by atoms with Crippen molar-refractivity contribution in [3.63, 3.8) is 0 Å². The molecule has 1 aromatic rings. The van der Waals surface area contributed by atoms with Crippen LogP contribution in [0.1, 0.15) is 49.4 Å². The van der Waals surface area contributed by atoms with E-state index in [4.69, 9.17) is 4.74 Å². The van der Waals surface area contributed by atoms with Gasteiger partial charge in [-0.3, -0.25) is 14.4 Å². The lowest BCUT2D eigenvalue weighted by Gasteiger charge is -2.36. The summed E-state index contributed by atoms with van der Waals surface area (Å²) in [5.41, 5.74) is 0.457. The van der Waals surface area contributed by atoms with Gasteiger partial charge in [-0.2, -0.15) is 0 Å². The Morgan fingerprint density at radius 3 is 2.52 bits per heavy atom. The van der Waals surface area contributed by atoms with Crippen molar-refractivity contribution in [2.45, 2.75) is 45.1 Å². The zero-order chi connectivity index (χ0) is 20.8. The zero-order valence-corrected chi connectivity index (χ0v) is 17.3. The highest BCUT2D eigenvalue weighted by Crippen LogP contribution is 2.33. The minimum Gasteiger partial charge on any atom is -0.497 e. The molecule has 0 bridgehead atoms. The number of amides is 3. The molecule has 158 valence electrons. The van der Waals surface area contributed by atoms with Crippen molar-refractivity contribution in [2.24, 2.45) is 11.8 Å². The number of piperidine rings is 1. The number of nitrogens with one attached hydrogen (secondary N) is 2. The van der Waals surface area contributed by atoms with E-state index in [9.17, 15) is 14.4 Å². The molecule has 3 rings (SSSR count). The van der Waals surface area contributed by atoms with Gasteiger partial charge in [0.15, 0.2) is 0 Å². The summed E-state index contributed by atoms with van der Waals surface area (Å²) in [7, 11) is 1.55. The molecule has 7 heteroatoms. The Hall–Kier alpha value is -2.57. The van der Waals surface area contributed by atoms with E-state index < -0.39 is 6.04 Å². The van der Waals surface area contributed by atoms with Crippen molar-refractivity contribution in [3.05, 3.63) is 29.8 Å². The van der Waals surface area contributed by atoms with Crippen LogP contribution in [0, 0.1) is 11.8 Å². The molecule has 1 aliphatic heterocycles. The topological polar surface area (TPSA) is 87.7 Å². The maximum atomic E-state index is 12.8. The first-order valence-electron chi connectivity index (χ1n) is 10.5. The number of nitrogens with zero attached hydrogens (tertiary/aromatic N) is 1. The molecule has 2 N–H and O–H groups in total. The van der Waals surface area contributed by atoms with E-state index in [1.54, 1.807) is 31.4 Å². The predicted molar refractivity (Wildman–Crippen MR) is 110 cm³/mol. The summed E-state index contributed by atoms with van der Waals surface area (Å²) in [5, 5.41) is 5.84. The largest absolute Gasteiger partial charge is 0.497 e. The molecule has 3 amide bonds. The number of rotatable bonds is 8. The van der Waals surface area contributed by atoms with Crippen molar-refractivity contribution in [1.82, 2.24) is 15.5 Å². The summed E-state index contributed by atoms with van der Waals surface area (Å²) in [6.45, 7) is 3.86. The average molecular weight is 402 g/mol. The van der Waals surface area contributed by atoms with Gasteiger partial charge in [0.1, 0.15) is 11.8 Å². The fourth-order valence-electron chi connectivity index (χ4n) is 3.79. The van der Waals surface area contributed by atoms with Gasteiger partial charge in [0, 0.05) is 31.1 Å². The molecular weight excluding hydrogens is 370 g/mol. The average Bonchev–Trinajstić information content (AvgIpc) is 3.60. The van der Waals surface area contributed by atoms with Crippen LogP contribution in [0.25, 0.3) is 0 Å². The number of hydrogen-bond donors (Lipinski definition) is 2. The lowest BCUT2D eigenvalue weighted by atomic mass is 9.88. The van der Waals surface area contributed by atoms with Crippen LogP contribution >= 0.6 is 0 Å². The highest BCUT2D eigenvalue weighted by molar-refractivity contribution is 5.98. The van der Waals surface area contributed by atoms with Gasteiger partial charge in [-0.25, -0.2) is 0 Å². The predicted octanol–water partition coefficient (Wildman–Crippen LogP) is 1.97. The molecule has 1 unspecified atom stereocenters. The third-order valence-electron chi connectivity index (χ3n) is 5.70. The number of hydrogen-bond acceptors (Lipinski definition) is 4. The molecule has 1 aliphatic carbocycles. The van der Waals surface area contributed by atoms with Gasteiger partial charge in [-0.15, -0.1) is 0 Å². The van der Waals surface area contributed by atoms with E-state index in [0.29, 0.717) is 43.8 Å². The summed E-state index contributed by atoms with van der Waals surface area (Å²) in [4.78, 5) is 39.8. The third-order valence-corrected chi connectivity index (χ3v) is 5.70. The molecular formula is C22H31N3O4. The smallest absolute Gasteiger partial charge is 0.252 e. The molecule has 2 aliphatic rings. The van der Waals surface area contributed by atoms with Crippen LogP contribution in [0.5, 0.6) is 5.75 Å². The minimum atomic E-state index is -0.613. The van der Waals surface area contributed by atoms with E-state index in [1.165, 1.54) is 0 Å². The third kappa shape index (κ3) is 5.49. The quantitative estimate of drug-likeness (QED) is 0.697. The monoisotopic (exact) mass is 401 g/mol. The SMILES string of the molecule is CCCNC(=O)C(NC(=O)c1cccc(OC)c1)C1CCN(C(=O)C2CC2)CC1. The second kappa shape index (κ2) is 9.76. The van der Waals surface area contributed by atoms with Crippen LogP contribution in [0.4, 0.5) is 0 Å². The van der Waals surface area contributed by atoms with Crippen molar-refractivity contribution in [3.8, 4) is 5.75 Å². The Morgan fingerprint density at radius 2 is 1.90 bits per heavy atom. The zero-order valence-electron chi connectivity index (χ0n) is 17.3. The number of likely N-dealkylation sites (tertiary alicyclic amines) is 1. The van der Waals surface area contributed by atoms with Crippen LogP contribution in [0.15, 0.2) is 24.3 Å². The molecule has 1 saturated carbocycles. The molecule has 0 aromatic heterocycles. The molecule has 0 radical (unpaired) electrons. The van der Waals surface area contributed by atoms with E-state index in [1.807, 2.05) is 11.8 Å². The van der Waals surface area contributed by atoms with Crippen LogP contribution in [0.3, 0.4) is 0 Å².